The smallest absolute Gasteiger partial charge is 0.261 e. The maximum Gasteiger partial charge on any atom is 0.261 e. The van der Waals surface area contributed by atoms with Gasteiger partial charge in [-0.1, -0.05) is 30.3 Å². The number of amides is 2. The number of hydrogen-bond donors (Lipinski definition) is 1. The molecular formula is C23H27FN2O4. The van der Waals surface area contributed by atoms with Crippen LogP contribution in [0.2, 0.25) is 0 Å². The van der Waals surface area contributed by atoms with Crippen LogP contribution in [0, 0.1) is 5.82 Å². The molecule has 0 saturated carbocycles. The highest BCUT2D eigenvalue weighted by molar-refractivity contribution is 5.88. The summed E-state index contributed by atoms with van der Waals surface area (Å²) < 4.78 is 24.4. The van der Waals surface area contributed by atoms with Crippen LogP contribution >= 0.6 is 0 Å². The molecule has 0 aromatic heterocycles. The van der Waals surface area contributed by atoms with Crippen LogP contribution in [0.5, 0.6) is 5.75 Å². The van der Waals surface area contributed by atoms with Crippen molar-refractivity contribution < 1.29 is 23.5 Å². The van der Waals surface area contributed by atoms with Crippen LogP contribution in [0.1, 0.15) is 25.3 Å². The van der Waals surface area contributed by atoms with Gasteiger partial charge in [-0.2, -0.15) is 0 Å². The van der Waals surface area contributed by atoms with Crippen LogP contribution in [-0.2, 0) is 20.9 Å². The van der Waals surface area contributed by atoms with Gasteiger partial charge in [-0.05, 0) is 49.6 Å². The predicted octanol–water partition coefficient (Wildman–Crippen LogP) is 2.92. The molecule has 0 spiro atoms. The molecule has 30 heavy (non-hydrogen) atoms. The minimum absolute atomic E-state index is 0.0174. The van der Waals surface area contributed by atoms with Gasteiger partial charge in [-0.25, -0.2) is 4.39 Å². The zero-order valence-electron chi connectivity index (χ0n) is 17.1. The molecule has 3 rings (SSSR count). The predicted molar refractivity (Wildman–Crippen MR) is 110 cm³/mol. The summed E-state index contributed by atoms with van der Waals surface area (Å²) in [4.78, 5) is 27.1. The second kappa shape index (κ2) is 10.7. The van der Waals surface area contributed by atoms with Crippen molar-refractivity contribution in [2.75, 3.05) is 19.8 Å². The molecule has 6 nitrogen and oxygen atoms in total. The Kier molecular flexibility index (Phi) is 7.79. The molecule has 1 fully saturated rings. The zero-order valence-corrected chi connectivity index (χ0v) is 17.1. The third kappa shape index (κ3) is 6.29. The maximum atomic E-state index is 13.2. The number of hydrogen-bond acceptors (Lipinski definition) is 4. The number of halogens is 1. The van der Waals surface area contributed by atoms with Crippen LogP contribution in [0.4, 0.5) is 4.39 Å². The van der Waals surface area contributed by atoms with Crippen molar-refractivity contribution >= 4 is 11.8 Å². The molecule has 1 aliphatic heterocycles. The minimum atomic E-state index is -0.719. The fourth-order valence-electron chi connectivity index (χ4n) is 3.28. The number of carbonyl (C=O) groups is 2. The third-order valence-corrected chi connectivity index (χ3v) is 5.07. The van der Waals surface area contributed by atoms with Gasteiger partial charge in [0.2, 0.25) is 5.91 Å². The normalized spacial score (nSPS) is 16.7. The van der Waals surface area contributed by atoms with Gasteiger partial charge in [0.25, 0.3) is 5.91 Å². The van der Waals surface area contributed by atoms with E-state index in [-0.39, 0.29) is 36.9 Å². The van der Waals surface area contributed by atoms with E-state index < -0.39 is 6.04 Å². The standard InChI is InChI=1S/C23H27FN2O4/c1-17(23(28)25-14-21-8-5-13-29-21)26(15-18-9-11-19(24)12-10-18)22(27)16-30-20-6-3-2-4-7-20/h2-4,6-7,9-12,17,21H,5,8,13-16H2,1H3,(H,25,28)/t17-,21-/m0/s1. The van der Waals surface area contributed by atoms with Crippen molar-refractivity contribution in [3.8, 4) is 5.75 Å². The van der Waals surface area contributed by atoms with E-state index in [0.29, 0.717) is 18.9 Å². The first-order chi connectivity index (χ1) is 14.5. The average Bonchev–Trinajstić information content (AvgIpc) is 3.29. The van der Waals surface area contributed by atoms with E-state index in [0.717, 1.165) is 18.4 Å². The molecule has 2 amide bonds. The van der Waals surface area contributed by atoms with Gasteiger partial charge in [0.1, 0.15) is 17.6 Å². The Labute approximate surface area is 176 Å². The molecule has 1 N–H and O–H groups in total. The number of carbonyl (C=O) groups excluding carboxylic acids is 2. The van der Waals surface area contributed by atoms with Crippen LogP contribution in [0.3, 0.4) is 0 Å². The largest absolute Gasteiger partial charge is 0.484 e. The topological polar surface area (TPSA) is 67.9 Å². The van der Waals surface area contributed by atoms with Crippen molar-refractivity contribution in [2.24, 2.45) is 0 Å². The van der Waals surface area contributed by atoms with E-state index in [1.807, 2.05) is 18.2 Å². The summed E-state index contributed by atoms with van der Waals surface area (Å²) in [6, 6.07) is 14.2. The van der Waals surface area contributed by atoms with Crippen molar-refractivity contribution in [3.05, 3.63) is 66.0 Å². The minimum Gasteiger partial charge on any atom is -0.484 e. The monoisotopic (exact) mass is 414 g/mol. The van der Waals surface area contributed by atoms with Gasteiger partial charge < -0.3 is 19.7 Å². The molecule has 0 unspecified atom stereocenters. The Balaban J connectivity index is 1.65. The molecule has 2 aromatic rings. The van der Waals surface area contributed by atoms with Gasteiger partial charge in [0.15, 0.2) is 6.61 Å². The number of ether oxygens (including phenoxy) is 2. The number of para-hydroxylation sites is 1. The molecule has 0 aliphatic carbocycles. The second-order valence-electron chi connectivity index (χ2n) is 7.31. The van der Waals surface area contributed by atoms with Crippen LogP contribution in [-0.4, -0.2) is 48.6 Å². The molecule has 2 atom stereocenters. The summed E-state index contributed by atoms with van der Waals surface area (Å²) in [7, 11) is 0. The second-order valence-corrected chi connectivity index (χ2v) is 7.31. The number of benzene rings is 2. The summed E-state index contributed by atoms with van der Waals surface area (Å²) in [5.41, 5.74) is 0.725. The fourth-order valence-corrected chi connectivity index (χ4v) is 3.28. The van der Waals surface area contributed by atoms with Crippen molar-refractivity contribution in [3.63, 3.8) is 0 Å². The fraction of sp³-hybridized carbons (Fsp3) is 0.391. The number of nitrogens with zero attached hydrogens (tertiary/aromatic N) is 1. The van der Waals surface area contributed by atoms with Gasteiger partial charge in [-0.15, -0.1) is 0 Å². The highest BCUT2D eigenvalue weighted by atomic mass is 19.1. The Hall–Kier alpha value is -2.93. The van der Waals surface area contributed by atoms with Gasteiger partial charge in [-0.3, -0.25) is 9.59 Å². The quantitative estimate of drug-likeness (QED) is 0.685. The molecule has 1 aliphatic rings. The Bertz CT molecular complexity index is 823. The first kappa shape index (κ1) is 21.8. The molecule has 2 aromatic carbocycles. The summed E-state index contributed by atoms with van der Waals surface area (Å²) in [5.74, 6) is -0.377. The summed E-state index contributed by atoms with van der Waals surface area (Å²) in [6.07, 6.45) is 1.92. The number of nitrogens with one attached hydrogen (secondary N) is 1. The average molecular weight is 414 g/mol. The van der Waals surface area contributed by atoms with Gasteiger partial charge in [0.05, 0.1) is 6.10 Å². The lowest BCUT2D eigenvalue weighted by atomic mass is 10.1. The molecule has 7 heteroatoms. The van der Waals surface area contributed by atoms with E-state index >= 15 is 0 Å². The van der Waals surface area contributed by atoms with Crippen LogP contribution in [0.15, 0.2) is 54.6 Å². The van der Waals surface area contributed by atoms with E-state index in [2.05, 4.69) is 5.32 Å². The first-order valence-electron chi connectivity index (χ1n) is 10.1. The van der Waals surface area contributed by atoms with Crippen molar-refractivity contribution in [2.45, 2.75) is 38.5 Å². The first-order valence-corrected chi connectivity index (χ1v) is 10.1. The Morgan fingerprint density at radius 1 is 1.20 bits per heavy atom. The number of rotatable bonds is 9. The van der Waals surface area contributed by atoms with Crippen molar-refractivity contribution in [1.82, 2.24) is 10.2 Å². The lowest BCUT2D eigenvalue weighted by Gasteiger charge is -2.29. The molecular weight excluding hydrogens is 387 g/mol. The van der Waals surface area contributed by atoms with E-state index in [1.54, 1.807) is 31.2 Å². The van der Waals surface area contributed by atoms with E-state index in [4.69, 9.17) is 9.47 Å². The Morgan fingerprint density at radius 3 is 2.60 bits per heavy atom. The summed E-state index contributed by atoms with van der Waals surface area (Å²) >= 11 is 0. The van der Waals surface area contributed by atoms with E-state index in [1.165, 1.54) is 17.0 Å². The van der Waals surface area contributed by atoms with Gasteiger partial charge >= 0.3 is 0 Å². The van der Waals surface area contributed by atoms with Crippen LogP contribution in [0.25, 0.3) is 0 Å². The third-order valence-electron chi connectivity index (χ3n) is 5.07. The molecule has 160 valence electrons. The SMILES string of the molecule is C[C@@H](C(=O)NC[C@@H]1CCCO1)N(Cc1ccc(F)cc1)C(=O)COc1ccccc1. The summed E-state index contributed by atoms with van der Waals surface area (Å²) in [5, 5.41) is 2.87. The zero-order chi connectivity index (χ0) is 21.3. The molecule has 1 saturated heterocycles. The van der Waals surface area contributed by atoms with Gasteiger partial charge in [0, 0.05) is 19.7 Å². The highest BCUT2D eigenvalue weighted by Gasteiger charge is 2.27. The highest BCUT2D eigenvalue weighted by Crippen LogP contribution is 2.14. The summed E-state index contributed by atoms with van der Waals surface area (Å²) in [6.45, 7) is 2.78. The van der Waals surface area contributed by atoms with E-state index in [9.17, 15) is 14.0 Å². The van der Waals surface area contributed by atoms with Crippen molar-refractivity contribution in [1.29, 1.82) is 0 Å². The molecule has 1 heterocycles. The lowest BCUT2D eigenvalue weighted by Crippen LogP contribution is -2.50. The maximum absolute atomic E-state index is 13.2. The lowest BCUT2D eigenvalue weighted by molar-refractivity contribution is -0.142. The van der Waals surface area contributed by atoms with Crippen LogP contribution < -0.4 is 10.1 Å². The Morgan fingerprint density at radius 2 is 1.93 bits per heavy atom. The molecule has 0 radical (unpaired) electrons. The molecule has 0 bridgehead atoms.